The van der Waals surface area contributed by atoms with Crippen LogP contribution in [0, 0.1) is 0 Å². The van der Waals surface area contributed by atoms with Crippen molar-refractivity contribution in [1.82, 2.24) is 5.32 Å². The molecule has 2 aromatic rings. The highest BCUT2D eigenvalue weighted by atomic mass is 35.5. The van der Waals surface area contributed by atoms with Gasteiger partial charge in [0.2, 0.25) is 0 Å². The number of rotatable bonds is 4. The molecule has 0 atom stereocenters. The topological polar surface area (TPSA) is 55.4 Å². The van der Waals surface area contributed by atoms with Crippen LogP contribution in [-0.2, 0) is 11.4 Å². The summed E-state index contributed by atoms with van der Waals surface area (Å²) in [5.74, 6) is 0.261. The molecule has 1 heterocycles. The molecule has 0 bridgehead atoms. The first kappa shape index (κ1) is 16.9. The molecule has 1 N–H and O–H groups in total. The van der Waals surface area contributed by atoms with E-state index < -0.39 is 0 Å². The molecule has 3 rings (SSSR count). The second-order valence-electron chi connectivity index (χ2n) is 4.96. The molecule has 24 heavy (non-hydrogen) atoms. The molecular formula is C17H11Cl2NO3S. The van der Waals surface area contributed by atoms with Gasteiger partial charge in [-0.1, -0.05) is 41.4 Å². The summed E-state index contributed by atoms with van der Waals surface area (Å²) < 4.78 is 5.73. The van der Waals surface area contributed by atoms with E-state index in [-0.39, 0.29) is 11.1 Å². The van der Waals surface area contributed by atoms with Crippen LogP contribution in [0.3, 0.4) is 0 Å². The molecule has 2 amide bonds. The summed E-state index contributed by atoms with van der Waals surface area (Å²) in [4.78, 5) is 23.1. The maximum absolute atomic E-state index is 11.6. The van der Waals surface area contributed by atoms with Gasteiger partial charge in [0.05, 0.1) is 15.0 Å². The minimum atomic E-state index is -0.382. The fraction of sp³-hybridized carbons (Fsp3) is 0.0588. The van der Waals surface area contributed by atoms with Crippen LogP contribution in [0.4, 0.5) is 4.79 Å². The molecule has 2 aromatic carbocycles. The second-order valence-corrected chi connectivity index (χ2v) is 6.79. The molecule has 7 heteroatoms. The minimum Gasteiger partial charge on any atom is -0.489 e. The molecule has 0 aliphatic carbocycles. The second kappa shape index (κ2) is 7.30. The van der Waals surface area contributed by atoms with Gasteiger partial charge in [0, 0.05) is 0 Å². The lowest BCUT2D eigenvalue weighted by Gasteiger charge is -2.08. The van der Waals surface area contributed by atoms with E-state index in [2.05, 4.69) is 5.32 Å². The van der Waals surface area contributed by atoms with Crippen LogP contribution in [0.15, 0.2) is 47.4 Å². The average Bonchev–Trinajstić information content (AvgIpc) is 2.86. The fourth-order valence-electron chi connectivity index (χ4n) is 2.06. The fourth-order valence-corrected chi connectivity index (χ4v) is 3.07. The summed E-state index contributed by atoms with van der Waals surface area (Å²) in [6.45, 7) is 0.338. The van der Waals surface area contributed by atoms with Crippen molar-refractivity contribution >= 4 is 52.2 Å². The number of nitrogens with one attached hydrogen (secondary N) is 1. The molecule has 1 fully saturated rings. The smallest absolute Gasteiger partial charge is 0.290 e. The van der Waals surface area contributed by atoms with Crippen LogP contribution in [0.25, 0.3) is 6.08 Å². The Morgan fingerprint density at radius 2 is 1.92 bits per heavy atom. The Labute approximate surface area is 152 Å². The Balaban J connectivity index is 1.71. The van der Waals surface area contributed by atoms with Crippen molar-refractivity contribution in [3.05, 3.63) is 68.5 Å². The van der Waals surface area contributed by atoms with Gasteiger partial charge in [0.1, 0.15) is 12.4 Å². The largest absolute Gasteiger partial charge is 0.489 e. The first-order valence-corrected chi connectivity index (χ1v) is 8.50. The van der Waals surface area contributed by atoms with Gasteiger partial charge in [0.15, 0.2) is 0 Å². The molecule has 0 saturated carbocycles. The van der Waals surface area contributed by atoms with Gasteiger partial charge in [-0.3, -0.25) is 14.9 Å². The molecule has 122 valence electrons. The first-order chi connectivity index (χ1) is 11.5. The zero-order valence-corrected chi connectivity index (χ0v) is 14.5. The van der Waals surface area contributed by atoms with Gasteiger partial charge in [-0.15, -0.1) is 0 Å². The highest BCUT2D eigenvalue weighted by Gasteiger charge is 2.24. The quantitative estimate of drug-likeness (QED) is 0.767. The summed E-state index contributed by atoms with van der Waals surface area (Å²) in [7, 11) is 0. The lowest BCUT2D eigenvalue weighted by molar-refractivity contribution is -0.115. The number of imide groups is 1. The van der Waals surface area contributed by atoms with Gasteiger partial charge >= 0.3 is 0 Å². The summed E-state index contributed by atoms with van der Waals surface area (Å²) >= 11 is 12.7. The van der Waals surface area contributed by atoms with Crippen molar-refractivity contribution in [2.75, 3.05) is 0 Å². The summed E-state index contributed by atoms with van der Waals surface area (Å²) in [6.07, 6.45) is 1.65. The number of amides is 2. The standard InChI is InChI=1S/C17H11Cl2NO3S/c18-13-5-4-11(7-14(13)19)9-23-12-3-1-2-10(6-12)8-15-16(21)20-17(22)24-15/h1-8H,9H2,(H,20,21,22). The van der Waals surface area contributed by atoms with Crippen LogP contribution in [-0.4, -0.2) is 11.1 Å². The lowest BCUT2D eigenvalue weighted by atomic mass is 10.2. The Kier molecular flexibility index (Phi) is 5.14. The van der Waals surface area contributed by atoms with Gasteiger partial charge < -0.3 is 4.74 Å². The number of thioether (sulfide) groups is 1. The number of ether oxygens (including phenoxy) is 1. The van der Waals surface area contributed by atoms with Crippen molar-refractivity contribution in [3.8, 4) is 5.75 Å². The molecule has 0 unspecified atom stereocenters. The van der Waals surface area contributed by atoms with Crippen LogP contribution >= 0.6 is 35.0 Å². The zero-order chi connectivity index (χ0) is 17.1. The highest BCUT2D eigenvalue weighted by Crippen LogP contribution is 2.27. The third-order valence-electron chi connectivity index (χ3n) is 3.19. The van der Waals surface area contributed by atoms with Crippen molar-refractivity contribution in [2.24, 2.45) is 0 Å². The molecule has 0 radical (unpaired) electrons. The monoisotopic (exact) mass is 379 g/mol. The zero-order valence-electron chi connectivity index (χ0n) is 12.2. The predicted molar refractivity (Wildman–Crippen MR) is 96.3 cm³/mol. The molecule has 1 aliphatic rings. The molecular weight excluding hydrogens is 369 g/mol. The number of carbonyl (C=O) groups excluding carboxylic acids is 2. The van der Waals surface area contributed by atoms with E-state index >= 15 is 0 Å². The van der Waals surface area contributed by atoms with E-state index in [1.165, 1.54) is 0 Å². The van der Waals surface area contributed by atoms with Crippen molar-refractivity contribution in [2.45, 2.75) is 6.61 Å². The van der Waals surface area contributed by atoms with E-state index in [9.17, 15) is 9.59 Å². The molecule has 1 saturated heterocycles. The number of benzene rings is 2. The summed E-state index contributed by atoms with van der Waals surface area (Å²) in [5, 5.41) is 2.83. The van der Waals surface area contributed by atoms with Crippen molar-refractivity contribution in [1.29, 1.82) is 0 Å². The van der Waals surface area contributed by atoms with E-state index in [4.69, 9.17) is 27.9 Å². The molecule has 0 aromatic heterocycles. The van der Waals surface area contributed by atoms with E-state index in [1.54, 1.807) is 24.3 Å². The first-order valence-electron chi connectivity index (χ1n) is 6.93. The SMILES string of the molecule is O=C1NC(=O)C(=Cc2cccc(OCc3ccc(Cl)c(Cl)c3)c2)S1. The van der Waals surface area contributed by atoms with Gasteiger partial charge in [-0.25, -0.2) is 0 Å². The molecule has 4 nitrogen and oxygen atoms in total. The third-order valence-corrected chi connectivity index (χ3v) is 4.74. The number of halogens is 2. The number of carbonyl (C=O) groups is 2. The third kappa shape index (κ3) is 4.12. The summed E-state index contributed by atoms with van der Waals surface area (Å²) in [5.41, 5.74) is 1.67. The van der Waals surface area contributed by atoms with E-state index in [0.717, 1.165) is 22.9 Å². The molecule has 0 spiro atoms. The van der Waals surface area contributed by atoms with Crippen molar-refractivity contribution < 1.29 is 14.3 Å². The van der Waals surface area contributed by atoms with Crippen molar-refractivity contribution in [3.63, 3.8) is 0 Å². The normalized spacial score (nSPS) is 15.7. The van der Waals surface area contributed by atoms with Crippen LogP contribution in [0.2, 0.25) is 10.0 Å². The van der Waals surface area contributed by atoms with Gasteiger partial charge in [-0.2, -0.15) is 0 Å². The van der Waals surface area contributed by atoms with Gasteiger partial charge in [-0.05, 0) is 53.2 Å². The van der Waals surface area contributed by atoms with Gasteiger partial charge in [0.25, 0.3) is 11.1 Å². The number of hydrogen-bond acceptors (Lipinski definition) is 4. The Morgan fingerprint density at radius 3 is 2.62 bits per heavy atom. The van der Waals surface area contributed by atoms with E-state index in [1.807, 2.05) is 24.3 Å². The van der Waals surface area contributed by atoms with Crippen LogP contribution < -0.4 is 10.1 Å². The average molecular weight is 380 g/mol. The van der Waals surface area contributed by atoms with Crippen LogP contribution in [0.1, 0.15) is 11.1 Å². The van der Waals surface area contributed by atoms with Crippen LogP contribution in [0.5, 0.6) is 5.75 Å². The summed E-state index contributed by atoms with van der Waals surface area (Å²) in [6, 6.07) is 12.6. The maximum Gasteiger partial charge on any atom is 0.290 e. The highest BCUT2D eigenvalue weighted by molar-refractivity contribution is 8.18. The Bertz CT molecular complexity index is 851. The minimum absolute atomic E-state index is 0.338. The predicted octanol–water partition coefficient (Wildman–Crippen LogP) is 4.90. The lowest BCUT2D eigenvalue weighted by Crippen LogP contribution is -2.17. The molecule has 1 aliphatic heterocycles. The Hall–Kier alpha value is -1.95. The maximum atomic E-state index is 11.6. The Morgan fingerprint density at radius 1 is 1.08 bits per heavy atom. The number of hydrogen-bond donors (Lipinski definition) is 1. The van der Waals surface area contributed by atoms with E-state index in [0.29, 0.717) is 27.3 Å².